The molecule has 4 nitrogen and oxygen atoms in total. The van der Waals surface area contributed by atoms with Crippen LogP contribution in [0, 0.1) is 11.7 Å². The number of sulfone groups is 1. The van der Waals surface area contributed by atoms with Crippen LogP contribution < -0.4 is 0 Å². The molecular weight excluding hydrogens is 319 g/mol. The Morgan fingerprint density at radius 2 is 1.86 bits per heavy atom. The molecule has 1 aliphatic rings. The van der Waals surface area contributed by atoms with Gasteiger partial charge >= 0.3 is 5.97 Å². The molecule has 0 amide bonds. The van der Waals surface area contributed by atoms with Crippen molar-refractivity contribution >= 4 is 27.4 Å². The molecular formula is C14H16ClFO4S. The molecule has 0 radical (unpaired) electrons. The summed E-state index contributed by atoms with van der Waals surface area (Å²) in [6.07, 6.45) is 2.61. The van der Waals surface area contributed by atoms with Crippen LogP contribution in [0.1, 0.15) is 43.0 Å². The van der Waals surface area contributed by atoms with E-state index >= 15 is 0 Å². The van der Waals surface area contributed by atoms with Gasteiger partial charge in [-0.1, -0.05) is 18.5 Å². The first-order valence-electron chi connectivity index (χ1n) is 6.69. The summed E-state index contributed by atoms with van der Waals surface area (Å²) >= 11 is 5.56. The monoisotopic (exact) mass is 334 g/mol. The van der Waals surface area contributed by atoms with Gasteiger partial charge < -0.3 is 5.11 Å². The summed E-state index contributed by atoms with van der Waals surface area (Å²) in [5.41, 5.74) is -0.528. The zero-order valence-corrected chi connectivity index (χ0v) is 13.0. The van der Waals surface area contributed by atoms with E-state index in [1.165, 1.54) is 0 Å². The fourth-order valence-corrected chi connectivity index (χ4v) is 4.63. The second kappa shape index (κ2) is 5.93. The third-order valence-corrected chi connectivity index (χ3v) is 6.59. The van der Waals surface area contributed by atoms with Crippen LogP contribution in [-0.4, -0.2) is 24.7 Å². The van der Waals surface area contributed by atoms with Crippen molar-refractivity contribution in [1.29, 1.82) is 0 Å². The van der Waals surface area contributed by atoms with Gasteiger partial charge in [-0.15, -0.1) is 0 Å². The minimum absolute atomic E-state index is 0.304. The molecule has 7 heteroatoms. The molecule has 0 atom stereocenters. The smallest absolute Gasteiger partial charge is 0.337 e. The van der Waals surface area contributed by atoms with Crippen molar-refractivity contribution in [2.24, 2.45) is 5.92 Å². The van der Waals surface area contributed by atoms with E-state index in [1.807, 2.05) is 0 Å². The number of rotatable bonds is 3. The first-order chi connectivity index (χ1) is 9.73. The van der Waals surface area contributed by atoms with Crippen molar-refractivity contribution in [3.63, 3.8) is 0 Å². The summed E-state index contributed by atoms with van der Waals surface area (Å²) in [4.78, 5) is 10.7. The summed E-state index contributed by atoms with van der Waals surface area (Å²) < 4.78 is 38.8. The van der Waals surface area contributed by atoms with Crippen LogP contribution in [0.5, 0.6) is 0 Å². The van der Waals surface area contributed by atoms with Crippen molar-refractivity contribution in [3.05, 3.63) is 28.5 Å². The van der Waals surface area contributed by atoms with E-state index in [0.717, 1.165) is 25.0 Å². The Morgan fingerprint density at radius 1 is 1.29 bits per heavy atom. The highest BCUT2D eigenvalue weighted by atomic mass is 35.5. The van der Waals surface area contributed by atoms with Crippen molar-refractivity contribution < 1.29 is 22.7 Å². The van der Waals surface area contributed by atoms with Crippen molar-refractivity contribution in [2.75, 3.05) is 0 Å². The third kappa shape index (κ3) is 3.21. The lowest BCUT2D eigenvalue weighted by molar-refractivity contribution is 0.0696. The summed E-state index contributed by atoms with van der Waals surface area (Å²) in [5, 5.41) is 7.82. The Hall–Kier alpha value is -1.14. The number of benzene rings is 1. The Morgan fingerprint density at radius 3 is 2.38 bits per heavy atom. The van der Waals surface area contributed by atoms with Crippen LogP contribution in [0.4, 0.5) is 4.39 Å². The highest BCUT2D eigenvalue weighted by Gasteiger charge is 2.32. The van der Waals surface area contributed by atoms with Gasteiger partial charge in [-0.05, 0) is 43.7 Å². The Labute approximate surface area is 127 Å². The van der Waals surface area contributed by atoms with Gasteiger partial charge in [-0.3, -0.25) is 0 Å². The number of hydrogen-bond donors (Lipinski definition) is 1. The van der Waals surface area contributed by atoms with E-state index < -0.39 is 37.5 Å². The number of carboxylic acid groups (broad SMARTS) is 1. The second-order valence-corrected chi connectivity index (χ2v) is 8.10. The number of carboxylic acids is 1. The molecule has 116 valence electrons. The SMILES string of the molecule is CC1CCC(S(=O)(=O)c2cc(F)c(Cl)c(C(=O)O)c2)CC1. The minimum atomic E-state index is -3.74. The van der Waals surface area contributed by atoms with E-state index in [4.69, 9.17) is 16.7 Å². The average molecular weight is 335 g/mol. The Bertz CT molecular complexity index is 664. The fraction of sp³-hybridized carbons (Fsp3) is 0.500. The maximum atomic E-state index is 13.7. The summed E-state index contributed by atoms with van der Waals surface area (Å²) in [5.74, 6) is -2.00. The molecule has 1 fully saturated rings. The normalized spacial score (nSPS) is 23.0. The average Bonchev–Trinajstić information content (AvgIpc) is 2.41. The number of aromatic carboxylic acids is 1. The molecule has 1 N–H and O–H groups in total. The number of halogens is 2. The molecule has 0 aromatic heterocycles. The maximum absolute atomic E-state index is 13.7. The van der Waals surface area contributed by atoms with E-state index in [1.54, 1.807) is 0 Å². The summed E-state index contributed by atoms with van der Waals surface area (Å²) in [6.45, 7) is 2.06. The summed E-state index contributed by atoms with van der Waals surface area (Å²) in [7, 11) is -3.74. The van der Waals surface area contributed by atoms with Gasteiger partial charge in [0.1, 0.15) is 5.82 Å². The van der Waals surface area contributed by atoms with E-state index in [9.17, 15) is 17.6 Å². The number of hydrogen-bond acceptors (Lipinski definition) is 3. The first-order valence-corrected chi connectivity index (χ1v) is 8.62. The van der Waals surface area contributed by atoms with E-state index in [2.05, 4.69) is 6.92 Å². The molecule has 1 aliphatic carbocycles. The predicted octanol–water partition coefficient (Wildman–Crippen LogP) is 3.53. The van der Waals surface area contributed by atoms with Crippen LogP contribution in [-0.2, 0) is 9.84 Å². The molecule has 2 rings (SSSR count). The van der Waals surface area contributed by atoms with Gasteiger partial charge in [0.2, 0.25) is 0 Å². The molecule has 21 heavy (non-hydrogen) atoms. The van der Waals surface area contributed by atoms with Crippen molar-refractivity contribution in [2.45, 2.75) is 42.8 Å². The maximum Gasteiger partial charge on any atom is 0.337 e. The highest BCUT2D eigenvalue weighted by Crippen LogP contribution is 2.33. The molecule has 0 spiro atoms. The van der Waals surface area contributed by atoms with Gasteiger partial charge in [0.15, 0.2) is 9.84 Å². The molecule has 1 aromatic rings. The highest BCUT2D eigenvalue weighted by molar-refractivity contribution is 7.92. The molecule has 1 aromatic carbocycles. The fourth-order valence-electron chi connectivity index (χ4n) is 2.62. The zero-order chi connectivity index (χ0) is 15.8. The second-order valence-electron chi connectivity index (χ2n) is 5.50. The molecule has 1 saturated carbocycles. The molecule has 0 bridgehead atoms. The van der Waals surface area contributed by atoms with Crippen LogP contribution in [0.15, 0.2) is 17.0 Å². The molecule has 0 unspecified atom stereocenters. The number of carbonyl (C=O) groups is 1. The van der Waals surface area contributed by atoms with Crippen molar-refractivity contribution in [1.82, 2.24) is 0 Å². The van der Waals surface area contributed by atoms with Gasteiger partial charge in [0, 0.05) is 0 Å². The lowest BCUT2D eigenvalue weighted by atomic mass is 9.91. The van der Waals surface area contributed by atoms with Crippen molar-refractivity contribution in [3.8, 4) is 0 Å². The lowest BCUT2D eigenvalue weighted by Crippen LogP contribution is -2.27. The van der Waals surface area contributed by atoms with Gasteiger partial charge in [-0.25, -0.2) is 17.6 Å². The Kier molecular flexibility index (Phi) is 4.58. The topological polar surface area (TPSA) is 71.4 Å². The van der Waals surface area contributed by atoms with Gasteiger partial charge in [0.25, 0.3) is 0 Å². The van der Waals surface area contributed by atoms with Crippen LogP contribution in [0.2, 0.25) is 5.02 Å². The molecule has 0 aliphatic heterocycles. The van der Waals surface area contributed by atoms with E-state index in [0.29, 0.717) is 18.8 Å². The first kappa shape index (κ1) is 16.2. The van der Waals surface area contributed by atoms with Gasteiger partial charge in [-0.2, -0.15) is 0 Å². The minimum Gasteiger partial charge on any atom is -0.478 e. The lowest BCUT2D eigenvalue weighted by Gasteiger charge is -2.26. The quantitative estimate of drug-likeness (QED) is 0.917. The van der Waals surface area contributed by atoms with E-state index in [-0.39, 0.29) is 4.90 Å². The Balaban J connectivity index is 2.43. The van der Waals surface area contributed by atoms with Crippen LogP contribution in [0.25, 0.3) is 0 Å². The van der Waals surface area contributed by atoms with Crippen LogP contribution in [0.3, 0.4) is 0 Å². The summed E-state index contributed by atoms with van der Waals surface area (Å²) in [6, 6.07) is 1.75. The predicted molar refractivity (Wildman–Crippen MR) is 77.0 cm³/mol. The van der Waals surface area contributed by atoms with Crippen LogP contribution >= 0.6 is 11.6 Å². The molecule has 0 saturated heterocycles. The standard InChI is InChI=1S/C14H16ClFO4S/c1-8-2-4-9(5-3-8)21(19,20)10-6-11(14(17)18)13(15)12(16)7-10/h6-9H,2-5H2,1H3,(H,17,18). The largest absolute Gasteiger partial charge is 0.478 e. The molecule has 0 heterocycles. The zero-order valence-electron chi connectivity index (χ0n) is 11.5. The van der Waals surface area contributed by atoms with Gasteiger partial charge in [0.05, 0.1) is 20.7 Å². The third-order valence-electron chi connectivity index (χ3n) is 3.96.